The molecule has 0 aliphatic carbocycles. The summed E-state index contributed by atoms with van der Waals surface area (Å²) in [6.07, 6.45) is 2.67. The monoisotopic (exact) mass is 351 g/mol. The van der Waals surface area contributed by atoms with Crippen molar-refractivity contribution in [3.63, 3.8) is 0 Å². The van der Waals surface area contributed by atoms with Crippen molar-refractivity contribution in [1.29, 1.82) is 0 Å². The molecule has 22 heavy (non-hydrogen) atoms. The first-order valence-corrected chi connectivity index (χ1v) is 8.53. The summed E-state index contributed by atoms with van der Waals surface area (Å²) in [5.74, 6) is -0.980. The van der Waals surface area contributed by atoms with Crippen LogP contribution in [0.25, 0.3) is 0 Å². The van der Waals surface area contributed by atoms with Gasteiger partial charge in [-0.15, -0.1) is 12.4 Å². The third-order valence-corrected chi connectivity index (χ3v) is 3.79. The summed E-state index contributed by atoms with van der Waals surface area (Å²) < 4.78 is 37.9. The van der Waals surface area contributed by atoms with Gasteiger partial charge in [-0.25, -0.2) is 12.8 Å². The Hall–Kier alpha value is -1.38. The van der Waals surface area contributed by atoms with E-state index in [2.05, 4.69) is 15.4 Å². The van der Waals surface area contributed by atoms with Gasteiger partial charge in [0, 0.05) is 12.2 Å². The van der Waals surface area contributed by atoms with Gasteiger partial charge in [0.25, 0.3) is 0 Å². The fourth-order valence-electron chi connectivity index (χ4n) is 2.20. The molecule has 124 valence electrons. The smallest absolute Gasteiger partial charge is 0.229 e. The SMILES string of the molecule is CS(=O)(=O)Nc1cc(NC(=O)[C@@H]2CCCNC2)ccc1F.Cl. The number of anilines is 2. The van der Waals surface area contributed by atoms with Crippen LogP contribution in [0.4, 0.5) is 15.8 Å². The van der Waals surface area contributed by atoms with Crippen LogP contribution in [0.1, 0.15) is 12.8 Å². The van der Waals surface area contributed by atoms with E-state index in [0.717, 1.165) is 31.7 Å². The summed E-state index contributed by atoms with van der Waals surface area (Å²) in [5.41, 5.74) is 0.176. The molecule has 0 unspecified atom stereocenters. The highest BCUT2D eigenvalue weighted by atomic mass is 35.5. The van der Waals surface area contributed by atoms with Gasteiger partial charge in [0.1, 0.15) is 5.82 Å². The highest BCUT2D eigenvalue weighted by Crippen LogP contribution is 2.21. The summed E-state index contributed by atoms with van der Waals surface area (Å²) in [4.78, 5) is 12.1. The molecule has 6 nitrogen and oxygen atoms in total. The van der Waals surface area contributed by atoms with E-state index in [1.807, 2.05) is 0 Å². The molecular formula is C13H19ClFN3O3S. The second-order valence-electron chi connectivity index (χ2n) is 5.10. The average Bonchev–Trinajstić information content (AvgIpc) is 2.42. The number of hydrogen-bond donors (Lipinski definition) is 3. The van der Waals surface area contributed by atoms with E-state index in [1.54, 1.807) is 0 Å². The lowest BCUT2D eigenvalue weighted by Gasteiger charge is -2.22. The highest BCUT2D eigenvalue weighted by Gasteiger charge is 2.21. The third-order valence-electron chi connectivity index (χ3n) is 3.20. The number of nitrogens with one attached hydrogen (secondary N) is 3. The van der Waals surface area contributed by atoms with E-state index in [0.29, 0.717) is 12.2 Å². The van der Waals surface area contributed by atoms with Gasteiger partial charge < -0.3 is 10.6 Å². The highest BCUT2D eigenvalue weighted by molar-refractivity contribution is 7.92. The minimum atomic E-state index is -3.58. The van der Waals surface area contributed by atoms with Gasteiger partial charge in [-0.1, -0.05) is 0 Å². The van der Waals surface area contributed by atoms with Crippen molar-refractivity contribution in [2.75, 3.05) is 29.4 Å². The van der Waals surface area contributed by atoms with Crippen molar-refractivity contribution in [3.8, 4) is 0 Å². The van der Waals surface area contributed by atoms with Crippen LogP contribution in [-0.2, 0) is 14.8 Å². The predicted octanol–water partition coefficient (Wildman–Crippen LogP) is 1.56. The third kappa shape index (κ3) is 5.43. The van der Waals surface area contributed by atoms with E-state index in [9.17, 15) is 17.6 Å². The topological polar surface area (TPSA) is 87.3 Å². The Balaban J connectivity index is 0.00000242. The largest absolute Gasteiger partial charge is 0.326 e. The zero-order valence-corrected chi connectivity index (χ0v) is 13.7. The minimum absolute atomic E-state index is 0. The first-order chi connectivity index (χ1) is 9.85. The van der Waals surface area contributed by atoms with Crippen LogP contribution in [0.5, 0.6) is 0 Å². The lowest BCUT2D eigenvalue weighted by atomic mass is 9.99. The Kier molecular flexibility index (Phi) is 6.58. The maximum Gasteiger partial charge on any atom is 0.229 e. The Morgan fingerprint density at radius 2 is 2.14 bits per heavy atom. The van der Waals surface area contributed by atoms with E-state index in [1.165, 1.54) is 12.1 Å². The molecule has 1 amide bonds. The molecule has 1 aliphatic heterocycles. The number of amides is 1. The normalized spacial score (nSPS) is 18.2. The Morgan fingerprint density at radius 1 is 1.41 bits per heavy atom. The molecule has 1 aliphatic rings. The summed E-state index contributed by atoms with van der Waals surface area (Å²) in [7, 11) is -3.58. The van der Waals surface area contributed by atoms with Gasteiger partial charge in [0.2, 0.25) is 15.9 Å². The van der Waals surface area contributed by atoms with Gasteiger partial charge in [-0.05, 0) is 37.6 Å². The molecule has 2 rings (SSSR count). The van der Waals surface area contributed by atoms with Gasteiger partial charge in [-0.2, -0.15) is 0 Å². The van der Waals surface area contributed by atoms with E-state index >= 15 is 0 Å². The van der Waals surface area contributed by atoms with Crippen LogP contribution in [0.3, 0.4) is 0 Å². The van der Waals surface area contributed by atoms with Crippen molar-refractivity contribution in [1.82, 2.24) is 5.32 Å². The molecule has 0 radical (unpaired) electrons. The van der Waals surface area contributed by atoms with Gasteiger partial charge in [0.15, 0.2) is 0 Å². The van der Waals surface area contributed by atoms with Crippen molar-refractivity contribution < 1.29 is 17.6 Å². The van der Waals surface area contributed by atoms with Crippen LogP contribution < -0.4 is 15.4 Å². The van der Waals surface area contributed by atoms with Crippen molar-refractivity contribution >= 4 is 39.7 Å². The predicted molar refractivity (Wildman–Crippen MR) is 86.3 cm³/mol. The summed E-state index contributed by atoms with van der Waals surface area (Å²) in [6.45, 7) is 1.52. The zero-order valence-electron chi connectivity index (χ0n) is 12.1. The molecule has 9 heteroatoms. The Morgan fingerprint density at radius 3 is 2.73 bits per heavy atom. The number of piperidine rings is 1. The van der Waals surface area contributed by atoms with Crippen molar-refractivity contribution in [2.24, 2.45) is 5.92 Å². The fraction of sp³-hybridized carbons (Fsp3) is 0.462. The molecule has 0 spiro atoms. The minimum Gasteiger partial charge on any atom is -0.326 e. The molecule has 1 aromatic carbocycles. The molecule has 1 aromatic rings. The van der Waals surface area contributed by atoms with Gasteiger partial charge >= 0.3 is 0 Å². The van der Waals surface area contributed by atoms with Crippen LogP contribution in [0.15, 0.2) is 18.2 Å². The summed E-state index contributed by atoms with van der Waals surface area (Å²) in [5, 5.41) is 5.83. The molecule has 3 N–H and O–H groups in total. The maximum absolute atomic E-state index is 13.5. The lowest BCUT2D eigenvalue weighted by Crippen LogP contribution is -2.37. The van der Waals surface area contributed by atoms with Crippen molar-refractivity contribution in [3.05, 3.63) is 24.0 Å². The maximum atomic E-state index is 13.5. The lowest BCUT2D eigenvalue weighted by molar-refractivity contribution is -0.120. The van der Waals surface area contributed by atoms with E-state index in [4.69, 9.17) is 0 Å². The van der Waals surface area contributed by atoms with Gasteiger partial charge in [0.05, 0.1) is 17.9 Å². The molecule has 0 saturated carbocycles. The number of carbonyl (C=O) groups excluding carboxylic acids is 1. The van der Waals surface area contributed by atoms with Gasteiger partial charge in [-0.3, -0.25) is 9.52 Å². The molecule has 1 heterocycles. The molecule has 1 saturated heterocycles. The quantitative estimate of drug-likeness (QED) is 0.768. The summed E-state index contributed by atoms with van der Waals surface area (Å²) in [6, 6.07) is 3.78. The number of benzene rings is 1. The molecule has 0 aromatic heterocycles. The number of rotatable bonds is 4. The van der Waals surface area contributed by atoms with Crippen LogP contribution in [0, 0.1) is 11.7 Å². The standard InChI is InChI=1S/C13H18FN3O3S.ClH/c1-21(19,20)17-12-7-10(4-5-11(12)14)16-13(18)9-3-2-6-15-8-9;/h4-5,7,9,15,17H,2-3,6,8H2,1H3,(H,16,18);1H/t9-;/m1./s1. The van der Waals surface area contributed by atoms with Crippen LogP contribution in [0.2, 0.25) is 0 Å². The van der Waals surface area contributed by atoms with E-state index < -0.39 is 15.8 Å². The first kappa shape index (κ1) is 18.7. The van der Waals surface area contributed by atoms with E-state index in [-0.39, 0.29) is 29.9 Å². The molecule has 1 atom stereocenters. The number of sulfonamides is 1. The summed E-state index contributed by atoms with van der Waals surface area (Å²) >= 11 is 0. The molecule has 0 bridgehead atoms. The van der Waals surface area contributed by atoms with Crippen LogP contribution >= 0.6 is 12.4 Å². The Labute approximate surface area is 135 Å². The molecule has 1 fully saturated rings. The second-order valence-corrected chi connectivity index (χ2v) is 6.85. The average molecular weight is 352 g/mol. The second kappa shape index (κ2) is 7.75. The first-order valence-electron chi connectivity index (χ1n) is 6.64. The number of carbonyl (C=O) groups is 1. The molecular weight excluding hydrogens is 333 g/mol. The van der Waals surface area contributed by atoms with Crippen molar-refractivity contribution in [2.45, 2.75) is 12.8 Å². The number of hydrogen-bond acceptors (Lipinski definition) is 4. The number of halogens is 2. The Bertz CT molecular complexity index is 633. The van der Waals surface area contributed by atoms with Crippen LogP contribution in [-0.4, -0.2) is 33.7 Å². The fourth-order valence-corrected chi connectivity index (χ4v) is 2.76. The zero-order chi connectivity index (χ0) is 15.5.